The summed E-state index contributed by atoms with van der Waals surface area (Å²) in [5.41, 5.74) is 20.2. The van der Waals surface area contributed by atoms with Crippen molar-refractivity contribution in [3.63, 3.8) is 0 Å². The summed E-state index contributed by atoms with van der Waals surface area (Å²) in [6.45, 7) is 4.60. The van der Waals surface area contributed by atoms with Crippen LogP contribution in [-0.4, -0.2) is 11.5 Å². The van der Waals surface area contributed by atoms with Gasteiger partial charge >= 0.3 is 6.98 Å². The Morgan fingerprint density at radius 3 is 1.75 bits per heavy atom. The summed E-state index contributed by atoms with van der Waals surface area (Å²) in [6.07, 6.45) is 0. The molecule has 258 valence electrons. The number of benzene rings is 8. The molecule has 9 aromatic rings. The Morgan fingerprint density at radius 2 is 0.964 bits per heavy atom. The lowest BCUT2D eigenvalue weighted by atomic mass is 9.53. The second kappa shape index (κ2) is 11.1. The van der Waals surface area contributed by atoms with Crippen LogP contribution in [0.15, 0.2) is 182 Å². The van der Waals surface area contributed by atoms with Crippen molar-refractivity contribution in [2.24, 2.45) is 0 Å². The molecular weight excluding hydrogens is 665 g/mol. The first kappa shape index (κ1) is 30.7. The number of fused-ring (bicyclic) bond motifs is 10. The first-order valence-electron chi connectivity index (χ1n) is 19.3. The van der Waals surface area contributed by atoms with Gasteiger partial charge in [-0.15, -0.1) is 0 Å². The average Bonchev–Trinajstić information content (AvgIpc) is 3.69. The van der Waals surface area contributed by atoms with Gasteiger partial charge in [-0.1, -0.05) is 141 Å². The van der Waals surface area contributed by atoms with Crippen LogP contribution < -0.4 is 15.1 Å². The SMILES string of the molecule is CC1(C)c2ccccc2-c2c(N3B4c5c(cccc5-c5ccccc53)-c3ccccc3N4c3ccc4c(c3)c3ccccc3n4-c3ccccc3)cccc21. The van der Waals surface area contributed by atoms with Crippen LogP contribution in [0, 0.1) is 0 Å². The van der Waals surface area contributed by atoms with E-state index in [-0.39, 0.29) is 12.4 Å². The van der Waals surface area contributed by atoms with Crippen molar-refractivity contribution in [3.05, 3.63) is 193 Å². The summed E-state index contributed by atoms with van der Waals surface area (Å²) >= 11 is 0. The van der Waals surface area contributed by atoms with Crippen LogP contribution in [0.4, 0.5) is 22.7 Å². The summed E-state index contributed by atoms with van der Waals surface area (Å²) in [4.78, 5) is 5.28. The molecule has 0 bridgehead atoms. The predicted molar refractivity (Wildman–Crippen MR) is 232 cm³/mol. The molecule has 0 fully saturated rings. The first-order chi connectivity index (χ1) is 27.1. The van der Waals surface area contributed by atoms with E-state index in [4.69, 9.17) is 0 Å². The lowest BCUT2D eigenvalue weighted by Crippen LogP contribution is -2.62. The standard InChI is InChI=1S/C51H36BN3/c1-51(2)42-24-10-6-21-40(42)49-43(51)25-15-29-48(49)55-47-28-13-9-19-36(47)39-23-14-22-38-35-18-8-12-27-46(35)54(52(55)50(38)39)34-30-31-45-41(32-34)37-20-7-11-26-44(37)53(45)33-16-4-3-5-17-33/h3-32H,1-2H3. The van der Waals surface area contributed by atoms with Crippen LogP contribution in [0.1, 0.15) is 25.0 Å². The van der Waals surface area contributed by atoms with E-state index >= 15 is 0 Å². The Balaban J connectivity index is 1.17. The highest BCUT2D eigenvalue weighted by Crippen LogP contribution is 2.56. The van der Waals surface area contributed by atoms with Crippen LogP contribution in [0.3, 0.4) is 0 Å². The summed E-state index contributed by atoms with van der Waals surface area (Å²) in [7, 11) is 0. The van der Waals surface area contributed by atoms with E-state index < -0.39 is 0 Å². The number of aromatic nitrogens is 1. The van der Waals surface area contributed by atoms with E-state index in [2.05, 4.69) is 210 Å². The molecule has 1 aromatic heterocycles. The van der Waals surface area contributed by atoms with Crippen LogP contribution in [0.25, 0.3) is 60.9 Å². The third-order valence-corrected chi connectivity index (χ3v) is 12.6. The monoisotopic (exact) mass is 701 g/mol. The van der Waals surface area contributed by atoms with Crippen LogP contribution in [0.2, 0.25) is 0 Å². The molecule has 1 aliphatic carbocycles. The molecule has 0 saturated heterocycles. The number of hydrogen-bond donors (Lipinski definition) is 0. The molecule has 0 radical (unpaired) electrons. The topological polar surface area (TPSA) is 11.4 Å². The fraction of sp³-hybridized carbons (Fsp3) is 0.0588. The van der Waals surface area contributed by atoms with Crippen LogP contribution in [-0.2, 0) is 5.41 Å². The Morgan fingerprint density at radius 1 is 0.400 bits per heavy atom. The van der Waals surface area contributed by atoms with Crippen molar-refractivity contribution in [1.82, 2.24) is 4.57 Å². The predicted octanol–water partition coefficient (Wildman–Crippen LogP) is 12.4. The molecule has 12 rings (SSSR count). The third kappa shape index (κ3) is 4.06. The Kier molecular flexibility index (Phi) is 6.20. The molecule has 3 nitrogen and oxygen atoms in total. The van der Waals surface area contributed by atoms with E-state index in [1.807, 2.05) is 0 Å². The molecule has 2 aliphatic heterocycles. The van der Waals surface area contributed by atoms with Crippen LogP contribution in [0.5, 0.6) is 0 Å². The van der Waals surface area contributed by atoms with Crippen molar-refractivity contribution in [2.45, 2.75) is 19.3 Å². The van der Waals surface area contributed by atoms with Gasteiger partial charge in [0.1, 0.15) is 0 Å². The fourth-order valence-corrected chi connectivity index (χ4v) is 10.2. The van der Waals surface area contributed by atoms with Gasteiger partial charge in [-0.3, -0.25) is 0 Å². The maximum atomic E-state index is 2.66. The number of rotatable bonds is 3. The fourth-order valence-electron chi connectivity index (χ4n) is 10.2. The summed E-state index contributed by atoms with van der Waals surface area (Å²) in [5.74, 6) is 0. The van der Waals surface area contributed by atoms with Crippen molar-refractivity contribution >= 4 is 57.0 Å². The third-order valence-electron chi connectivity index (χ3n) is 12.6. The van der Waals surface area contributed by atoms with E-state index in [1.54, 1.807) is 0 Å². The summed E-state index contributed by atoms with van der Waals surface area (Å²) in [5, 5.41) is 2.49. The van der Waals surface area contributed by atoms with Gasteiger partial charge in [0.2, 0.25) is 0 Å². The van der Waals surface area contributed by atoms with Gasteiger partial charge in [-0.2, -0.15) is 0 Å². The second-order valence-electron chi connectivity index (χ2n) is 15.7. The first-order valence-corrected chi connectivity index (χ1v) is 19.3. The van der Waals surface area contributed by atoms with E-state index in [1.165, 1.54) is 100 Å². The van der Waals surface area contributed by atoms with Gasteiger partial charge in [-0.25, -0.2) is 0 Å². The number of para-hydroxylation sites is 4. The lowest BCUT2D eigenvalue weighted by Gasteiger charge is -2.48. The minimum atomic E-state index is -0.154. The van der Waals surface area contributed by atoms with Crippen molar-refractivity contribution in [2.75, 3.05) is 9.62 Å². The molecule has 0 spiro atoms. The molecular formula is C51H36BN3. The molecule has 0 saturated carbocycles. The lowest BCUT2D eigenvalue weighted by molar-refractivity contribution is 0.660. The quantitative estimate of drug-likeness (QED) is 0.170. The molecule has 55 heavy (non-hydrogen) atoms. The van der Waals surface area contributed by atoms with Gasteiger partial charge in [0, 0.05) is 61.3 Å². The minimum absolute atomic E-state index is 0.114. The molecule has 3 aliphatic rings. The maximum Gasteiger partial charge on any atom is 0.421 e. The number of nitrogens with zero attached hydrogens (tertiary/aromatic N) is 3. The van der Waals surface area contributed by atoms with Gasteiger partial charge in [0.25, 0.3) is 0 Å². The Hall–Kier alpha value is -6.78. The highest BCUT2D eigenvalue weighted by atomic mass is 15.2. The number of anilines is 4. The Labute approximate surface area is 321 Å². The van der Waals surface area contributed by atoms with Crippen LogP contribution >= 0.6 is 0 Å². The largest absolute Gasteiger partial charge is 0.421 e. The molecule has 0 unspecified atom stereocenters. The zero-order chi connectivity index (χ0) is 36.4. The molecule has 3 heterocycles. The summed E-state index contributed by atoms with van der Waals surface area (Å²) < 4.78 is 2.40. The van der Waals surface area contributed by atoms with E-state index in [0.717, 1.165) is 0 Å². The van der Waals surface area contributed by atoms with E-state index in [9.17, 15) is 0 Å². The highest BCUT2D eigenvalue weighted by molar-refractivity contribution is 6.86. The van der Waals surface area contributed by atoms with Crippen molar-refractivity contribution < 1.29 is 0 Å². The maximum absolute atomic E-state index is 2.66. The zero-order valence-electron chi connectivity index (χ0n) is 30.7. The molecule has 0 amide bonds. The molecule has 8 aromatic carbocycles. The second-order valence-corrected chi connectivity index (χ2v) is 15.7. The van der Waals surface area contributed by atoms with Crippen molar-refractivity contribution in [1.29, 1.82) is 0 Å². The van der Waals surface area contributed by atoms with Crippen molar-refractivity contribution in [3.8, 4) is 39.1 Å². The normalized spacial score (nSPS) is 14.4. The molecule has 4 heteroatoms. The van der Waals surface area contributed by atoms with Gasteiger partial charge in [-0.05, 0) is 87.9 Å². The van der Waals surface area contributed by atoms with Gasteiger partial charge < -0.3 is 14.2 Å². The zero-order valence-corrected chi connectivity index (χ0v) is 30.7. The number of hydrogen-bond acceptors (Lipinski definition) is 2. The minimum Gasteiger partial charge on any atom is -0.361 e. The smallest absolute Gasteiger partial charge is 0.361 e. The van der Waals surface area contributed by atoms with Gasteiger partial charge in [0.05, 0.1) is 11.0 Å². The molecule has 0 atom stereocenters. The average molecular weight is 702 g/mol. The van der Waals surface area contributed by atoms with Gasteiger partial charge in [0.15, 0.2) is 0 Å². The Bertz CT molecular complexity index is 3030. The van der Waals surface area contributed by atoms with E-state index in [0.29, 0.717) is 0 Å². The highest BCUT2D eigenvalue weighted by Gasteiger charge is 2.48. The summed E-state index contributed by atoms with van der Waals surface area (Å²) in [6, 6.07) is 67.6. The molecule has 0 N–H and O–H groups in total.